The summed E-state index contributed by atoms with van der Waals surface area (Å²) >= 11 is 6.22. The third-order valence-corrected chi connectivity index (χ3v) is 4.80. The lowest BCUT2D eigenvalue weighted by molar-refractivity contribution is 0.0118. The zero-order valence-corrected chi connectivity index (χ0v) is 16.1. The first kappa shape index (κ1) is 18.5. The number of hydrogen-bond donors (Lipinski definition) is 1. The van der Waals surface area contributed by atoms with Crippen LogP contribution in [0.5, 0.6) is 0 Å². The number of morpholine rings is 1. The van der Waals surface area contributed by atoms with Crippen molar-refractivity contribution in [2.75, 3.05) is 48.0 Å². The predicted molar refractivity (Wildman–Crippen MR) is 101 cm³/mol. The third-order valence-electron chi connectivity index (χ3n) is 4.64. The van der Waals surface area contributed by atoms with Crippen molar-refractivity contribution in [2.45, 2.75) is 52.4 Å². The molecule has 0 bridgehead atoms. The number of fused-ring (bicyclic) bond motifs is 1. The highest BCUT2D eigenvalue weighted by molar-refractivity contribution is 6.28. The molecule has 3 aliphatic rings. The molecule has 0 spiro atoms. The van der Waals surface area contributed by atoms with Crippen LogP contribution in [0.1, 0.15) is 40.0 Å². The zero-order valence-electron chi connectivity index (χ0n) is 15.3. The van der Waals surface area contributed by atoms with Gasteiger partial charge in [0.1, 0.15) is 18.1 Å². The lowest BCUT2D eigenvalue weighted by Gasteiger charge is -2.34. The van der Waals surface area contributed by atoms with Crippen LogP contribution in [0.4, 0.5) is 17.3 Å². The average Bonchev–Trinajstić information content (AvgIpc) is 3.00. The van der Waals surface area contributed by atoms with Crippen LogP contribution in [0, 0.1) is 0 Å². The van der Waals surface area contributed by atoms with Crippen LogP contribution in [0.15, 0.2) is 0 Å². The minimum Gasteiger partial charge on any atom is -0.378 e. The first-order valence-electron chi connectivity index (χ1n) is 9.31. The molecule has 0 amide bonds. The van der Waals surface area contributed by atoms with Gasteiger partial charge in [-0.25, -0.2) is 0 Å². The smallest absolute Gasteiger partial charge is 0.226 e. The van der Waals surface area contributed by atoms with Gasteiger partial charge in [-0.15, -0.1) is 0 Å². The Balaban J connectivity index is 0.000000880. The highest BCUT2D eigenvalue weighted by atomic mass is 35.5. The van der Waals surface area contributed by atoms with Gasteiger partial charge in [0.25, 0.3) is 0 Å². The van der Waals surface area contributed by atoms with Crippen molar-refractivity contribution in [3.05, 3.63) is 5.28 Å². The fourth-order valence-corrected chi connectivity index (χ4v) is 3.68. The molecule has 8 heteroatoms. The molecule has 0 saturated carbocycles. The summed E-state index contributed by atoms with van der Waals surface area (Å²) < 4.78 is 11.4. The molecule has 3 aliphatic heterocycles. The Labute approximate surface area is 154 Å². The SMILES string of the molecule is CC.CC1Nc2c(N3CCOCC3)nc(Cl)nc2N1C1CCCCO1. The van der Waals surface area contributed by atoms with E-state index < -0.39 is 0 Å². The topological polar surface area (TPSA) is 62.8 Å². The summed E-state index contributed by atoms with van der Waals surface area (Å²) in [5.41, 5.74) is 0.956. The molecule has 1 aromatic rings. The Hall–Kier alpha value is -1.31. The molecule has 1 N–H and O–H groups in total. The van der Waals surface area contributed by atoms with E-state index in [0.717, 1.165) is 49.9 Å². The van der Waals surface area contributed by atoms with Gasteiger partial charge in [0.2, 0.25) is 5.28 Å². The van der Waals surface area contributed by atoms with E-state index in [2.05, 4.69) is 32.0 Å². The van der Waals surface area contributed by atoms with Crippen molar-refractivity contribution in [3.8, 4) is 0 Å². The minimum absolute atomic E-state index is 0.0519. The van der Waals surface area contributed by atoms with Crippen LogP contribution in [-0.2, 0) is 9.47 Å². The average molecular weight is 370 g/mol. The van der Waals surface area contributed by atoms with Crippen LogP contribution in [0.2, 0.25) is 5.28 Å². The second kappa shape index (κ2) is 8.38. The van der Waals surface area contributed by atoms with E-state index in [1.807, 2.05) is 13.8 Å². The van der Waals surface area contributed by atoms with E-state index >= 15 is 0 Å². The Morgan fingerprint density at radius 2 is 1.80 bits per heavy atom. The summed E-state index contributed by atoms with van der Waals surface area (Å²) in [4.78, 5) is 13.4. The van der Waals surface area contributed by atoms with Gasteiger partial charge in [-0.2, -0.15) is 9.97 Å². The second-order valence-electron chi connectivity index (χ2n) is 6.16. The van der Waals surface area contributed by atoms with Crippen molar-refractivity contribution in [1.29, 1.82) is 0 Å². The third kappa shape index (κ3) is 3.78. The molecule has 4 rings (SSSR count). The first-order chi connectivity index (χ1) is 12.2. The standard InChI is InChI=1S/C15H22ClN5O2.C2H6/c1-10-17-12-13(20-5-8-22-9-6-20)18-15(16)19-14(12)21(10)11-4-2-3-7-23-11;1-2/h10-11,17H,2-9H2,1H3;1-2H3. The summed E-state index contributed by atoms with van der Waals surface area (Å²) in [7, 11) is 0. The molecule has 2 unspecified atom stereocenters. The maximum absolute atomic E-state index is 6.22. The molecule has 2 saturated heterocycles. The Bertz CT molecular complexity index is 576. The molecule has 0 aliphatic carbocycles. The molecule has 4 heterocycles. The van der Waals surface area contributed by atoms with Crippen molar-refractivity contribution in [1.82, 2.24) is 9.97 Å². The molecule has 2 atom stereocenters. The van der Waals surface area contributed by atoms with Crippen molar-refractivity contribution >= 4 is 28.9 Å². The lowest BCUT2D eigenvalue weighted by atomic mass is 10.1. The fraction of sp³-hybridized carbons (Fsp3) is 0.765. The number of halogens is 1. The van der Waals surface area contributed by atoms with Gasteiger partial charge in [0.05, 0.1) is 13.2 Å². The van der Waals surface area contributed by atoms with Crippen LogP contribution in [0.3, 0.4) is 0 Å². The molecule has 1 aromatic heterocycles. The molecule has 2 fully saturated rings. The van der Waals surface area contributed by atoms with Gasteiger partial charge in [0, 0.05) is 19.7 Å². The molecule has 140 valence electrons. The second-order valence-corrected chi connectivity index (χ2v) is 6.50. The summed E-state index contributed by atoms with van der Waals surface area (Å²) in [5.74, 6) is 1.72. The quantitative estimate of drug-likeness (QED) is 0.803. The number of ether oxygens (including phenoxy) is 2. The van der Waals surface area contributed by atoms with Crippen molar-refractivity contribution < 1.29 is 9.47 Å². The van der Waals surface area contributed by atoms with Crippen LogP contribution in [0.25, 0.3) is 0 Å². The molecule has 0 radical (unpaired) electrons. The summed E-state index contributed by atoms with van der Waals surface area (Å²) in [6.07, 6.45) is 3.48. The Kier molecular flexibility index (Phi) is 6.19. The zero-order chi connectivity index (χ0) is 17.8. The molecular weight excluding hydrogens is 342 g/mol. The van der Waals surface area contributed by atoms with Gasteiger partial charge < -0.3 is 24.6 Å². The maximum atomic E-state index is 6.22. The van der Waals surface area contributed by atoms with E-state index in [0.29, 0.717) is 13.2 Å². The van der Waals surface area contributed by atoms with Gasteiger partial charge in [-0.05, 0) is 37.8 Å². The van der Waals surface area contributed by atoms with Gasteiger partial charge in [0.15, 0.2) is 11.6 Å². The number of rotatable bonds is 2. The fourth-order valence-electron chi connectivity index (χ4n) is 3.52. The molecule has 25 heavy (non-hydrogen) atoms. The van der Waals surface area contributed by atoms with E-state index in [1.165, 1.54) is 6.42 Å². The lowest BCUT2D eigenvalue weighted by Crippen LogP contribution is -2.45. The van der Waals surface area contributed by atoms with E-state index in [-0.39, 0.29) is 17.7 Å². The van der Waals surface area contributed by atoms with E-state index in [9.17, 15) is 0 Å². The number of hydrogen-bond acceptors (Lipinski definition) is 7. The molecule has 7 nitrogen and oxygen atoms in total. The van der Waals surface area contributed by atoms with Gasteiger partial charge >= 0.3 is 0 Å². The van der Waals surface area contributed by atoms with Gasteiger partial charge in [-0.3, -0.25) is 0 Å². The predicted octanol–water partition coefficient (Wildman–Crippen LogP) is 3.10. The largest absolute Gasteiger partial charge is 0.378 e. The van der Waals surface area contributed by atoms with E-state index in [1.54, 1.807) is 0 Å². The van der Waals surface area contributed by atoms with Crippen LogP contribution < -0.4 is 15.1 Å². The Morgan fingerprint density at radius 3 is 2.48 bits per heavy atom. The summed E-state index contributed by atoms with van der Waals surface area (Å²) in [6.45, 7) is 9.98. The van der Waals surface area contributed by atoms with Gasteiger partial charge in [-0.1, -0.05) is 13.8 Å². The molecule has 0 aromatic carbocycles. The summed E-state index contributed by atoms with van der Waals surface area (Å²) in [5, 5.41) is 3.80. The normalized spacial score (nSPS) is 25.8. The number of anilines is 3. The van der Waals surface area contributed by atoms with Crippen LogP contribution >= 0.6 is 11.6 Å². The minimum atomic E-state index is 0.0519. The highest BCUT2D eigenvalue weighted by Gasteiger charge is 2.37. The Morgan fingerprint density at radius 1 is 1.08 bits per heavy atom. The van der Waals surface area contributed by atoms with Crippen LogP contribution in [-0.4, -0.2) is 55.3 Å². The monoisotopic (exact) mass is 369 g/mol. The van der Waals surface area contributed by atoms with Crippen molar-refractivity contribution in [2.24, 2.45) is 0 Å². The maximum Gasteiger partial charge on any atom is 0.226 e. The number of aromatic nitrogens is 2. The van der Waals surface area contributed by atoms with Crippen molar-refractivity contribution in [3.63, 3.8) is 0 Å². The number of nitrogens with one attached hydrogen (secondary N) is 1. The summed E-state index contributed by atoms with van der Waals surface area (Å²) in [6, 6.07) is 0. The van der Waals surface area contributed by atoms with E-state index in [4.69, 9.17) is 21.1 Å². The first-order valence-corrected chi connectivity index (χ1v) is 9.68. The molecular formula is C17H28ClN5O2. The number of nitrogens with zero attached hydrogens (tertiary/aromatic N) is 4. The highest BCUT2D eigenvalue weighted by Crippen LogP contribution is 2.42.